The molecular formula is C43H79NO8. The highest BCUT2D eigenvalue weighted by molar-refractivity contribution is 5.76. The number of nitrogens with one attached hydrogen (secondary N) is 1. The van der Waals surface area contributed by atoms with E-state index in [0.29, 0.717) is 6.42 Å². The zero-order chi connectivity index (χ0) is 38.1. The minimum absolute atomic E-state index is 0.192. The molecule has 52 heavy (non-hydrogen) atoms. The van der Waals surface area contributed by atoms with E-state index in [2.05, 4.69) is 43.5 Å². The number of aliphatic hydroxyl groups is 5. The van der Waals surface area contributed by atoms with Gasteiger partial charge in [0.25, 0.3) is 0 Å². The first kappa shape index (κ1) is 48.4. The van der Waals surface area contributed by atoms with Gasteiger partial charge in [0.1, 0.15) is 24.4 Å². The third-order valence-corrected chi connectivity index (χ3v) is 9.93. The Morgan fingerprint density at radius 1 is 0.635 bits per heavy atom. The molecule has 0 aliphatic carbocycles. The number of carbonyl (C=O) groups is 1. The fraction of sp³-hybridized carbons (Fsp3) is 0.837. The number of rotatable bonds is 34. The van der Waals surface area contributed by atoms with Crippen molar-refractivity contribution in [1.29, 1.82) is 0 Å². The molecule has 7 unspecified atom stereocenters. The number of unbranched alkanes of at least 4 members (excludes halogenated alkanes) is 20. The van der Waals surface area contributed by atoms with E-state index in [1.165, 1.54) is 96.3 Å². The van der Waals surface area contributed by atoms with Gasteiger partial charge in [0.2, 0.25) is 5.91 Å². The Hall–Kier alpha value is -1.59. The van der Waals surface area contributed by atoms with Crippen LogP contribution in [0.4, 0.5) is 0 Å². The van der Waals surface area contributed by atoms with Gasteiger partial charge in [-0.1, -0.05) is 166 Å². The molecule has 0 aromatic carbocycles. The average Bonchev–Trinajstić information content (AvgIpc) is 3.14. The summed E-state index contributed by atoms with van der Waals surface area (Å²) in [5.74, 6) is -0.192. The molecule has 9 nitrogen and oxygen atoms in total. The van der Waals surface area contributed by atoms with Crippen LogP contribution in [0.3, 0.4) is 0 Å². The Balaban J connectivity index is 2.37. The van der Waals surface area contributed by atoms with Gasteiger partial charge in [-0.2, -0.15) is 0 Å². The van der Waals surface area contributed by atoms with Gasteiger partial charge < -0.3 is 40.3 Å². The molecule has 1 aliphatic rings. The third-order valence-electron chi connectivity index (χ3n) is 9.93. The minimum Gasteiger partial charge on any atom is -0.394 e. The molecule has 1 fully saturated rings. The van der Waals surface area contributed by atoms with Crippen LogP contribution in [-0.2, 0) is 14.3 Å². The first-order chi connectivity index (χ1) is 25.3. The van der Waals surface area contributed by atoms with E-state index >= 15 is 0 Å². The van der Waals surface area contributed by atoms with Gasteiger partial charge in [-0.25, -0.2) is 0 Å². The lowest BCUT2D eigenvalue weighted by Crippen LogP contribution is -2.60. The molecule has 304 valence electrons. The molecule has 0 aromatic heterocycles. The first-order valence-electron chi connectivity index (χ1n) is 21.2. The lowest BCUT2D eigenvalue weighted by Gasteiger charge is -2.40. The second-order valence-corrected chi connectivity index (χ2v) is 14.8. The highest BCUT2D eigenvalue weighted by Crippen LogP contribution is 2.22. The number of aliphatic hydroxyl groups excluding tert-OH is 5. The number of amides is 1. The maximum atomic E-state index is 12.9. The van der Waals surface area contributed by atoms with Crippen molar-refractivity contribution in [2.24, 2.45) is 0 Å². The summed E-state index contributed by atoms with van der Waals surface area (Å²) in [6.07, 6.45) is 33.4. The van der Waals surface area contributed by atoms with E-state index in [1.54, 1.807) is 6.08 Å². The lowest BCUT2D eigenvalue weighted by molar-refractivity contribution is -0.302. The Labute approximate surface area is 317 Å². The van der Waals surface area contributed by atoms with Crippen LogP contribution in [0.2, 0.25) is 0 Å². The SMILES string of the molecule is CCC/C=C/CC/C=C/CC/C=C/C(O)C(COC1OC(CO)C(O)C(O)C1O)NC(=O)CCCCCCCCCCCCCCCCCCCC. The van der Waals surface area contributed by atoms with Gasteiger partial charge in [0.15, 0.2) is 6.29 Å². The zero-order valence-corrected chi connectivity index (χ0v) is 33.1. The largest absolute Gasteiger partial charge is 0.394 e. The van der Waals surface area contributed by atoms with Crippen LogP contribution >= 0.6 is 0 Å². The summed E-state index contributed by atoms with van der Waals surface area (Å²) in [5, 5.41) is 53.9. The number of ether oxygens (including phenoxy) is 2. The van der Waals surface area contributed by atoms with Crippen molar-refractivity contribution in [3.63, 3.8) is 0 Å². The van der Waals surface area contributed by atoms with Crippen LogP contribution in [0.15, 0.2) is 36.5 Å². The standard InChI is InChI=1S/C43H79NO8/c1-3-5-7-9-11-13-15-16-17-18-19-20-21-23-25-27-29-31-33-39(47)44-36(35-51-43-42(50)41(49)40(48)38(34-45)52-43)37(46)32-30-28-26-24-22-14-12-10-8-6-4-2/h8,10,22,24,30,32,36-38,40-43,45-46,48-50H,3-7,9,11-21,23,25-29,31,33-35H2,1-2H3,(H,44,47)/b10-8+,24-22+,32-30+. The van der Waals surface area contributed by atoms with Crippen LogP contribution in [-0.4, -0.2) is 87.5 Å². The second kappa shape index (κ2) is 33.9. The fourth-order valence-electron chi connectivity index (χ4n) is 6.49. The monoisotopic (exact) mass is 738 g/mol. The summed E-state index contributed by atoms with van der Waals surface area (Å²) in [7, 11) is 0. The molecule has 9 heteroatoms. The van der Waals surface area contributed by atoms with E-state index in [1.807, 2.05) is 6.08 Å². The maximum Gasteiger partial charge on any atom is 0.220 e. The second-order valence-electron chi connectivity index (χ2n) is 14.8. The Morgan fingerprint density at radius 3 is 1.58 bits per heavy atom. The van der Waals surface area contributed by atoms with Gasteiger partial charge in [-0.05, 0) is 38.5 Å². The molecule has 1 heterocycles. The van der Waals surface area contributed by atoms with E-state index in [4.69, 9.17) is 9.47 Å². The molecule has 0 radical (unpaired) electrons. The van der Waals surface area contributed by atoms with Crippen LogP contribution < -0.4 is 5.32 Å². The molecule has 0 bridgehead atoms. The highest BCUT2D eigenvalue weighted by atomic mass is 16.7. The first-order valence-corrected chi connectivity index (χ1v) is 21.2. The van der Waals surface area contributed by atoms with Crippen LogP contribution in [0.5, 0.6) is 0 Å². The van der Waals surface area contributed by atoms with E-state index in [0.717, 1.165) is 57.8 Å². The highest BCUT2D eigenvalue weighted by Gasteiger charge is 2.44. The normalized spacial score (nSPS) is 22.2. The van der Waals surface area contributed by atoms with Crippen molar-refractivity contribution >= 4 is 5.91 Å². The van der Waals surface area contributed by atoms with Crippen molar-refractivity contribution in [1.82, 2.24) is 5.32 Å². The van der Waals surface area contributed by atoms with Gasteiger partial charge in [-0.3, -0.25) is 4.79 Å². The van der Waals surface area contributed by atoms with Gasteiger partial charge in [-0.15, -0.1) is 0 Å². The van der Waals surface area contributed by atoms with E-state index < -0.39 is 49.5 Å². The number of hydrogen-bond acceptors (Lipinski definition) is 8. The Kier molecular flexibility index (Phi) is 31.6. The summed E-state index contributed by atoms with van der Waals surface area (Å²) in [4.78, 5) is 12.9. The van der Waals surface area contributed by atoms with Gasteiger partial charge >= 0.3 is 0 Å². The molecule has 7 atom stereocenters. The molecular weight excluding hydrogens is 658 g/mol. The smallest absolute Gasteiger partial charge is 0.220 e. The summed E-state index contributed by atoms with van der Waals surface area (Å²) in [6.45, 7) is 3.66. The summed E-state index contributed by atoms with van der Waals surface area (Å²) in [5.41, 5.74) is 0. The number of hydrogen-bond donors (Lipinski definition) is 6. The zero-order valence-electron chi connectivity index (χ0n) is 33.1. The van der Waals surface area contributed by atoms with Crippen molar-refractivity contribution in [3.8, 4) is 0 Å². The molecule has 0 saturated carbocycles. The lowest BCUT2D eigenvalue weighted by atomic mass is 9.99. The van der Waals surface area contributed by atoms with Crippen LogP contribution in [0, 0.1) is 0 Å². The van der Waals surface area contributed by atoms with Gasteiger partial charge in [0.05, 0.1) is 25.4 Å². The van der Waals surface area contributed by atoms with E-state index in [-0.39, 0.29) is 12.5 Å². The topological polar surface area (TPSA) is 149 Å². The molecule has 1 rings (SSSR count). The predicted octanol–water partition coefficient (Wildman–Crippen LogP) is 8.11. The summed E-state index contributed by atoms with van der Waals surface area (Å²) < 4.78 is 11.2. The predicted molar refractivity (Wildman–Crippen MR) is 212 cm³/mol. The van der Waals surface area contributed by atoms with Crippen molar-refractivity contribution < 1.29 is 39.8 Å². The van der Waals surface area contributed by atoms with Gasteiger partial charge in [0, 0.05) is 6.42 Å². The van der Waals surface area contributed by atoms with Crippen LogP contribution in [0.1, 0.15) is 174 Å². The number of carbonyl (C=O) groups excluding carboxylic acids is 1. The molecule has 1 amide bonds. The molecule has 1 aliphatic heterocycles. The molecule has 6 N–H and O–H groups in total. The Morgan fingerprint density at radius 2 is 1.10 bits per heavy atom. The van der Waals surface area contributed by atoms with Crippen molar-refractivity contribution in [2.75, 3.05) is 13.2 Å². The average molecular weight is 738 g/mol. The van der Waals surface area contributed by atoms with Crippen LogP contribution in [0.25, 0.3) is 0 Å². The van der Waals surface area contributed by atoms with E-state index in [9.17, 15) is 30.3 Å². The third kappa shape index (κ3) is 24.7. The van der Waals surface area contributed by atoms with Crippen molar-refractivity contribution in [2.45, 2.75) is 217 Å². The Bertz CT molecular complexity index is 910. The summed E-state index contributed by atoms with van der Waals surface area (Å²) in [6, 6.07) is -0.822. The molecule has 0 aromatic rings. The van der Waals surface area contributed by atoms with Crippen molar-refractivity contribution in [3.05, 3.63) is 36.5 Å². The maximum absolute atomic E-state index is 12.9. The minimum atomic E-state index is -1.57. The molecule has 1 saturated heterocycles. The summed E-state index contributed by atoms with van der Waals surface area (Å²) >= 11 is 0. The quantitative estimate of drug-likeness (QED) is 0.0287. The molecule has 0 spiro atoms. The number of allylic oxidation sites excluding steroid dienone is 5. The fourth-order valence-corrected chi connectivity index (χ4v) is 6.49.